The molecule has 0 spiro atoms. The zero-order valence-electron chi connectivity index (χ0n) is 69.2. The van der Waals surface area contributed by atoms with E-state index < -0.39 is 89.4 Å². The quantitative estimate of drug-likeness (QED) is 0.0282. The Bertz CT molecular complexity index is 6520. The first-order valence-electron chi connectivity index (χ1n) is 38.7. The van der Waals surface area contributed by atoms with Crippen molar-refractivity contribution in [3.63, 3.8) is 0 Å². The lowest BCUT2D eigenvalue weighted by atomic mass is 10.2. The highest BCUT2D eigenvalue weighted by Crippen LogP contribution is 2.36. The molecule has 15 aromatic rings. The van der Waals surface area contributed by atoms with Crippen molar-refractivity contribution in [3.05, 3.63) is 237 Å². The summed E-state index contributed by atoms with van der Waals surface area (Å²) in [5.74, 6) is -6.07. The molecule has 2 aromatic carbocycles. The van der Waals surface area contributed by atoms with Crippen LogP contribution in [-0.2, 0) is 23.7 Å². The molecule has 0 saturated carbocycles. The molecule has 676 valence electrons. The molecule has 0 radical (unpaired) electrons. The van der Waals surface area contributed by atoms with Gasteiger partial charge in [-0.3, -0.25) is 84.5 Å². The van der Waals surface area contributed by atoms with Gasteiger partial charge in [-0.1, -0.05) is 38.1 Å². The lowest BCUT2D eigenvalue weighted by Gasteiger charge is -2.14. The van der Waals surface area contributed by atoms with Crippen LogP contribution in [-0.4, -0.2) is 142 Å². The molecule has 0 fully saturated rings. The van der Waals surface area contributed by atoms with Crippen LogP contribution < -0.4 is 53.2 Å². The number of amides is 15. The Labute approximate surface area is 780 Å². The molecule has 0 aliphatic carbocycles. The summed E-state index contributed by atoms with van der Waals surface area (Å²) in [5, 5.41) is 36.8. The SMILES string of the molecule is CC(C)OC(=O)NC(=O)c1ccsc1NC(=O)c1cc2c(F)cccc2s1.CCC(CC)OC(=O)NC(=O)c1ccsc1NC(=O)c1nc2cnccc2s1.CCOC(=O)NC(=O)c1ccsc1NC(=O)c1cc2cccc(F)c2s1.CCOC(=O)NC(=O)c1ccsc1NC(=O)c1cc2cccnc2s1.CCOC(=O)NC(=O)c1ccsc1NC(=O)c1cc2ccncc2s1. The first-order valence-corrected chi connectivity index (χ1v) is 47.2. The van der Waals surface area contributed by atoms with E-state index in [2.05, 4.69) is 87.3 Å². The van der Waals surface area contributed by atoms with Crippen LogP contribution >= 0.6 is 113 Å². The number of ether oxygens (including phenoxy) is 5. The van der Waals surface area contributed by atoms with Crippen molar-refractivity contribution in [3.8, 4) is 0 Å². The summed E-state index contributed by atoms with van der Waals surface area (Å²) >= 11 is 11.8. The first-order chi connectivity index (χ1) is 63.0. The molecule has 131 heavy (non-hydrogen) atoms. The summed E-state index contributed by atoms with van der Waals surface area (Å²) in [5.41, 5.74) is 1.50. The smallest absolute Gasteiger partial charge is 0.414 e. The van der Waals surface area contributed by atoms with Crippen LogP contribution in [0.25, 0.3) is 50.7 Å². The Morgan fingerprint density at radius 2 is 0.771 bits per heavy atom. The highest BCUT2D eigenvalue weighted by molar-refractivity contribution is 7.23. The number of benzene rings is 2. The molecule has 0 bridgehead atoms. The fourth-order valence-corrected chi connectivity index (χ4v) is 19.5. The Morgan fingerprint density at radius 3 is 1.22 bits per heavy atom. The molecule has 0 atom stereocenters. The van der Waals surface area contributed by atoms with Gasteiger partial charge in [-0.05, 0) is 176 Å². The number of hydrogen-bond acceptors (Lipinski definition) is 34. The number of thiazole rings is 1. The number of alkyl carbamates (subject to hydrolysis) is 5. The lowest BCUT2D eigenvalue weighted by molar-refractivity contribution is 0.0793. The molecule has 15 amide bonds. The molecular formula is C85H72F2N14O20S10. The average molecular weight is 1970 g/mol. The Morgan fingerprint density at radius 1 is 0.366 bits per heavy atom. The van der Waals surface area contributed by atoms with E-state index in [0.717, 1.165) is 70.3 Å². The standard InChI is InChI=1S/C18H15FN2O4S2.C18H18N4O4S2.C17H13FN2O4S2.2C16H13N3O4S2/c1-9(2)25-18(24)21-15(22)10-6-7-26-17(10)20-16(23)14-8-11-12(19)4-3-5-13(11)27-14;1-3-10(4-2)26-18(25)22-14(23)11-6-8-27-16(11)21-15(24)17-20-12-9-19-7-5-13(12)28-17;1-2-24-17(23)20-14(21)10-6-7-25-16(10)19-15(22)12-8-9-4-3-5-11(18)13(9)26-12;1-2-23-16(22)19-13(20)10-4-6-24-15(10)18-14(21)11-7-9-3-5-17-8-12(9)25-11;1-2-23-16(22)19-12(20)10-5-7-24-15(10)18-13(21)11-8-9-4-3-6-17-14(9)25-11/h3-9H,1-2H3,(H,20,23)(H,21,22,24);5-10H,3-4H2,1-2H3,(H,21,24)(H,22,23,25);3-8H,2H2,1H3,(H,19,22)(H,20,21,23);2*3-8H,2H2,1H3,(H,18,21)(H,19,20,22). The van der Waals surface area contributed by atoms with Crippen molar-refractivity contribution >= 4 is 279 Å². The van der Waals surface area contributed by atoms with Gasteiger partial charge in [-0.2, -0.15) is 0 Å². The minimum atomic E-state index is -0.863. The molecule has 0 unspecified atom stereocenters. The van der Waals surface area contributed by atoms with Crippen LogP contribution in [0.1, 0.15) is 162 Å². The predicted octanol–water partition coefficient (Wildman–Crippen LogP) is 19.9. The number of carbonyl (C=O) groups excluding carboxylic acids is 15. The normalized spacial score (nSPS) is 10.6. The van der Waals surface area contributed by atoms with Crippen LogP contribution in [0.2, 0.25) is 0 Å². The Hall–Kier alpha value is -14.0. The van der Waals surface area contributed by atoms with Gasteiger partial charge < -0.3 is 50.3 Å². The van der Waals surface area contributed by atoms with E-state index in [9.17, 15) is 80.7 Å². The number of imide groups is 5. The number of thiophene rings is 9. The number of rotatable bonds is 22. The van der Waals surface area contributed by atoms with E-state index in [1.165, 1.54) is 117 Å². The fourth-order valence-electron chi connectivity index (χ4n) is 11.1. The van der Waals surface area contributed by atoms with Gasteiger partial charge in [0, 0.05) is 40.3 Å². The third-order valence-electron chi connectivity index (χ3n) is 17.0. The topological polar surface area (TPSA) is 474 Å². The maximum absolute atomic E-state index is 13.8. The molecule has 15 rings (SSSR count). The third kappa shape index (κ3) is 26.6. The third-order valence-corrected chi connectivity index (χ3v) is 26.6. The second kappa shape index (κ2) is 46.8. The average Bonchev–Trinajstić information content (AvgIpc) is 1.65. The van der Waals surface area contributed by atoms with Crippen molar-refractivity contribution < 1.29 is 104 Å². The second-order valence-electron chi connectivity index (χ2n) is 26.2. The van der Waals surface area contributed by atoms with Crippen molar-refractivity contribution in [2.45, 2.75) is 73.5 Å². The van der Waals surface area contributed by atoms with Crippen LogP contribution in [0.3, 0.4) is 0 Å². The lowest BCUT2D eigenvalue weighted by Crippen LogP contribution is -2.34. The van der Waals surface area contributed by atoms with Gasteiger partial charge in [0.05, 0.1) is 93.5 Å². The summed E-state index contributed by atoms with van der Waals surface area (Å²) < 4.78 is 54.4. The zero-order chi connectivity index (χ0) is 94.0. The van der Waals surface area contributed by atoms with Crippen molar-refractivity contribution in [2.24, 2.45) is 0 Å². The minimum absolute atomic E-state index is 0.134. The number of pyridine rings is 3. The number of halogens is 2. The van der Waals surface area contributed by atoms with Crippen molar-refractivity contribution in [1.82, 2.24) is 46.5 Å². The van der Waals surface area contributed by atoms with Gasteiger partial charge in [-0.15, -0.1) is 113 Å². The number of nitrogens with zero attached hydrogens (tertiary/aromatic N) is 4. The van der Waals surface area contributed by atoms with Gasteiger partial charge in [-0.25, -0.2) is 42.7 Å². The monoisotopic (exact) mass is 1970 g/mol. The molecule has 0 aliphatic heterocycles. The second-order valence-corrected chi connectivity index (χ2v) is 36.1. The van der Waals surface area contributed by atoms with E-state index in [0.29, 0.717) is 73.0 Å². The van der Waals surface area contributed by atoms with E-state index in [4.69, 9.17) is 9.47 Å². The maximum atomic E-state index is 13.8. The van der Waals surface area contributed by atoms with E-state index in [-0.39, 0.29) is 86.7 Å². The first kappa shape index (κ1) is 97.6. The van der Waals surface area contributed by atoms with Crippen LogP contribution in [0.5, 0.6) is 0 Å². The number of aromatic nitrogens is 4. The molecule has 46 heteroatoms. The highest BCUT2D eigenvalue weighted by atomic mass is 32.1. The molecular weight excluding hydrogens is 1900 g/mol. The minimum Gasteiger partial charge on any atom is -0.450 e. The molecule has 10 N–H and O–H groups in total. The Balaban J connectivity index is 0.000000158. The molecule has 13 heterocycles. The summed E-state index contributed by atoms with van der Waals surface area (Å²) in [6.07, 6.45) is 4.76. The fraction of sp³-hybridized carbons (Fsp3) is 0.165. The van der Waals surface area contributed by atoms with Crippen LogP contribution in [0.4, 0.5) is 57.8 Å². The van der Waals surface area contributed by atoms with E-state index in [1.54, 1.807) is 147 Å². The number of carbonyl (C=O) groups is 15. The van der Waals surface area contributed by atoms with Gasteiger partial charge >= 0.3 is 30.5 Å². The van der Waals surface area contributed by atoms with Gasteiger partial charge in [0.15, 0.2) is 5.01 Å². The predicted molar refractivity (Wildman–Crippen MR) is 502 cm³/mol. The number of nitrogens with one attached hydrogen (secondary N) is 10. The zero-order valence-corrected chi connectivity index (χ0v) is 77.4. The molecule has 0 aliphatic rings. The van der Waals surface area contributed by atoms with Gasteiger partial charge in [0.2, 0.25) is 0 Å². The van der Waals surface area contributed by atoms with Crippen LogP contribution in [0.15, 0.2) is 173 Å². The largest absolute Gasteiger partial charge is 0.450 e. The summed E-state index contributed by atoms with van der Waals surface area (Å²) in [7, 11) is 0. The molecule has 13 aromatic heterocycles. The summed E-state index contributed by atoms with van der Waals surface area (Å²) in [4.78, 5) is 200. The Kier molecular flexibility index (Phi) is 34.9. The van der Waals surface area contributed by atoms with Gasteiger partial charge in [0.25, 0.3) is 59.1 Å². The summed E-state index contributed by atoms with van der Waals surface area (Å²) in [6, 6.07) is 30.7. The van der Waals surface area contributed by atoms with E-state index >= 15 is 0 Å². The van der Waals surface area contributed by atoms with Crippen molar-refractivity contribution in [1.29, 1.82) is 0 Å². The number of anilines is 5. The number of hydrogen-bond donors (Lipinski definition) is 10. The molecule has 34 nitrogen and oxygen atoms in total. The molecule has 0 saturated heterocycles. The maximum Gasteiger partial charge on any atom is 0.414 e. The van der Waals surface area contributed by atoms with Gasteiger partial charge in [0.1, 0.15) is 53.1 Å². The van der Waals surface area contributed by atoms with Crippen LogP contribution in [0, 0.1) is 11.6 Å². The number of fused-ring (bicyclic) bond motifs is 5. The van der Waals surface area contributed by atoms with Crippen molar-refractivity contribution in [2.75, 3.05) is 46.4 Å². The summed E-state index contributed by atoms with van der Waals surface area (Å²) in [6.45, 7) is 12.5. The highest BCUT2D eigenvalue weighted by Gasteiger charge is 2.28. The van der Waals surface area contributed by atoms with E-state index in [1.807, 2.05) is 26.0 Å².